The van der Waals surface area contributed by atoms with Gasteiger partial charge in [0.15, 0.2) is 23.2 Å². The first-order valence-electron chi connectivity index (χ1n) is 10.3. The normalized spacial score (nSPS) is 23.7. The predicted octanol–water partition coefficient (Wildman–Crippen LogP) is 1.54. The average Bonchev–Trinajstić information content (AvgIpc) is 3.45. The maximum atomic E-state index is 10.4. The fraction of sp³-hybridized carbons (Fsp3) is 0.381. The van der Waals surface area contributed by atoms with Gasteiger partial charge in [-0.2, -0.15) is 9.97 Å². The Morgan fingerprint density at radius 3 is 2.87 bits per heavy atom. The Morgan fingerprint density at radius 2 is 2.06 bits per heavy atom. The minimum atomic E-state index is -1.11. The second-order valence-electron chi connectivity index (χ2n) is 7.63. The molecule has 1 aromatic carbocycles. The summed E-state index contributed by atoms with van der Waals surface area (Å²) in [7, 11) is 0. The smallest absolute Gasteiger partial charge is 0.320 e. The summed E-state index contributed by atoms with van der Waals surface area (Å²) in [6.45, 7) is 2.24. The minimum Gasteiger partial charge on any atom is -0.463 e. The van der Waals surface area contributed by atoms with Crippen LogP contribution in [0.5, 0.6) is 6.01 Å². The molecular formula is C21H24N6O4. The van der Waals surface area contributed by atoms with Crippen molar-refractivity contribution in [3.8, 4) is 6.01 Å². The van der Waals surface area contributed by atoms with Crippen LogP contribution < -0.4 is 10.5 Å². The number of rotatable bonds is 6. The molecule has 4 unspecified atom stereocenters. The van der Waals surface area contributed by atoms with Crippen molar-refractivity contribution in [2.24, 2.45) is 0 Å². The molecule has 5 rings (SSSR count). The summed E-state index contributed by atoms with van der Waals surface area (Å²) >= 11 is 0. The van der Waals surface area contributed by atoms with E-state index in [1.54, 1.807) is 4.57 Å². The number of benzene rings is 1. The van der Waals surface area contributed by atoms with Crippen LogP contribution >= 0.6 is 0 Å². The summed E-state index contributed by atoms with van der Waals surface area (Å²) in [5.41, 5.74) is 9.03. The molecular weight excluding hydrogens is 400 g/mol. The summed E-state index contributed by atoms with van der Waals surface area (Å²) in [4.78, 5) is 16.1. The number of para-hydroxylation sites is 1. The number of imidazole rings is 1. The van der Waals surface area contributed by atoms with E-state index in [0.717, 1.165) is 16.5 Å². The van der Waals surface area contributed by atoms with Gasteiger partial charge in [0.25, 0.3) is 0 Å². The van der Waals surface area contributed by atoms with Crippen LogP contribution in [0, 0.1) is 0 Å². The third-order valence-electron chi connectivity index (χ3n) is 5.72. The molecule has 162 valence electrons. The fourth-order valence-corrected chi connectivity index (χ4v) is 4.06. The van der Waals surface area contributed by atoms with E-state index in [9.17, 15) is 10.2 Å². The first-order chi connectivity index (χ1) is 15.1. The topological polar surface area (TPSA) is 144 Å². The van der Waals surface area contributed by atoms with Gasteiger partial charge in [-0.3, -0.25) is 4.57 Å². The summed E-state index contributed by atoms with van der Waals surface area (Å²) in [5, 5.41) is 21.8. The number of aliphatic hydroxyl groups excluding tert-OH is 2. The summed E-state index contributed by atoms with van der Waals surface area (Å²) in [6, 6.07) is 8.19. The van der Waals surface area contributed by atoms with Crippen molar-refractivity contribution in [3.63, 3.8) is 0 Å². The van der Waals surface area contributed by atoms with Gasteiger partial charge < -0.3 is 30.4 Å². The van der Waals surface area contributed by atoms with Crippen LogP contribution in [0.2, 0.25) is 0 Å². The lowest BCUT2D eigenvalue weighted by Crippen LogP contribution is -2.31. The minimum absolute atomic E-state index is 0.117. The number of aromatic nitrogens is 5. The van der Waals surface area contributed by atoms with E-state index in [0.29, 0.717) is 30.6 Å². The Labute approximate surface area is 177 Å². The van der Waals surface area contributed by atoms with Crippen LogP contribution in [-0.2, 0) is 11.2 Å². The second kappa shape index (κ2) is 7.80. The van der Waals surface area contributed by atoms with Gasteiger partial charge in [0, 0.05) is 23.5 Å². The van der Waals surface area contributed by atoms with Crippen LogP contribution in [0.1, 0.15) is 25.1 Å². The van der Waals surface area contributed by atoms with Gasteiger partial charge in [0.1, 0.15) is 12.2 Å². The molecule has 1 aliphatic rings. The molecule has 1 saturated heterocycles. The van der Waals surface area contributed by atoms with Crippen LogP contribution in [0.15, 0.2) is 36.8 Å². The molecule has 0 spiro atoms. The number of nitrogens with zero attached hydrogens (tertiary/aromatic N) is 4. The lowest BCUT2D eigenvalue weighted by atomic mass is 10.1. The number of nitrogens with two attached hydrogens (primary N) is 1. The van der Waals surface area contributed by atoms with Gasteiger partial charge in [-0.05, 0) is 18.1 Å². The van der Waals surface area contributed by atoms with Gasteiger partial charge in [-0.25, -0.2) is 4.98 Å². The molecule has 1 aliphatic heterocycles. The van der Waals surface area contributed by atoms with E-state index in [-0.39, 0.29) is 11.8 Å². The van der Waals surface area contributed by atoms with E-state index in [2.05, 4.69) is 26.0 Å². The maximum Gasteiger partial charge on any atom is 0.320 e. The summed E-state index contributed by atoms with van der Waals surface area (Å²) in [6.07, 6.45) is 1.30. The third-order valence-corrected chi connectivity index (χ3v) is 5.72. The molecule has 0 amide bonds. The van der Waals surface area contributed by atoms with Crippen molar-refractivity contribution in [2.75, 3.05) is 12.3 Å². The van der Waals surface area contributed by atoms with Crippen LogP contribution in [-0.4, -0.2) is 59.6 Å². The van der Waals surface area contributed by atoms with E-state index in [4.69, 9.17) is 15.2 Å². The third kappa shape index (κ3) is 3.38. The van der Waals surface area contributed by atoms with Gasteiger partial charge >= 0.3 is 6.01 Å². The highest BCUT2D eigenvalue weighted by atomic mass is 16.6. The zero-order valence-electron chi connectivity index (χ0n) is 17.0. The standard InChI is InChI=1S/C21H24N6O4/c1-2-14-16(28)17(29)20(31-14)27-10-24-15-18(22)25-21(26-19(15)27)30-8-7-11-9-23-13-6-4-3-5-12(11)13/h3-6,9-10,14,16-17,20,23,28-29H,2,7-8H2,1H3,(H2,22,25,26). The van der Waals surface area contributed by atoms with Crippen LogP contribution in [0.3, 0.4) is 0 Å². The monoisotopic (exact) mass is 424 g/mol. The Balaban J connectivity index is 1.37. The van der Waals surface area contributed by atoms with Crippen LogP contribution in [0.4, 0.5) is 5.82 Å². The largest absolute Gasteiger partial charge is 0.463 e. The van der Waals surface area contributed by atoms with E-state index >= 15 is 0 Å². The molecule has 0 saturated carbocycles. The zero-order chi connectivity index (χ0) is 21.5. The lowest BCUT2D eigenvalue weighted by Gasteiger charge is -2.16. The highest BCUT2D eigenvalue weighted by Gasteiger charge is 2.43. The highest BCUT2D eigenvalue weighted by molar-refractivity contribution is 5.83. The van der Waals surface area contributed by atoms with Gasteiger partial charge in [0.05, 0.1) is 19.0 Å². The van der Waals surface area contributed by atoms with Crippen molar-refractivity contribution >= 4 is 27.9 Å². The first kappa shape index (κ1) is 19.7. The zero-order valence-corrected chi connectivity index (χ0v) is 17.0. The Hall–Kier alpha value is -3.21. The molecule has 4 atom stereocenters. The van der Waals surface area contributed by atoms with Crippen molar-refractivity contribution in [1.82, 2.24) is 24.5 Å². The Bertz CT molecular complexity index is 1220. The van der Waals surface area contributed by atoms with Crippen molar-refractivity contribution < 1.29 is 19.7 Å². The van der Waals surface area contributed by atoms with Gasteiger partial charge in [-0.1, -0.05) is 25.1 Å². The number of aliphatic hydroxyl groups is 2. The van der Waals surface area contributed by atoms with Crippen molar-refractivity contribution in [2.45, 2.75) is 44.3 Å². The molecule has 0 aliphatic carbocycles. The highest BCUT2D eigenvalue weighted by Crippen LogP contribution is 2.33. The average molecular weight is 424 g/mol. The Morgan fingerprint density at radius 1 is 1.23 bits per heavy atom. The number of H-pyrrole nitrogens is 1. The maximum absolute atomic E-state index is 10.4. The number of aromatic amines is 1. The first-order valence-corrected chi connectivity index (χ1v) is 10.3. The van der Waals surface area contributed by atoms with E-state index in [1.165, 1.54) is 6.33 Å². The molecule has 10 heteroatoms. The second-order valence-corrected chi connectivity index (χ2v) is 7.63. The molecule has 1 fully saturated rings. The number of anilines is 1. The van der Waals surface area contributed by atoms with Crippen molar-refractivity contribution in [1.29, 1.82) is 0 Å². The van der Waals surface area contributed by atoms with Crippen LogP contribution in [0.25, 0.3) is 22.1 Å². The molecule has 0 radical (unpaired) electrons. The van der Waals surface area contributed by atoms with Gasteiger partial charge in [-0.15, -0.1) is 0 Å². The summed E-state index contributed by atoms with van der Waals surface area (Å²) in [5.74, 6) is 0.172. The lowest BCUT2D eigenvalue weighted by molar-refractivity contribution is -0.0356. The predicted molar refractivity (Wildman–Crippen MR) is 113 cm³/mol. The number of hydrogen-bond donors (Lipinski definition) is 4. The number of nitrogen functional groups attached to an aromatic ring is 1. The van der Waals surface area contributed by atoms with Gasteiger partial charge in [0.2, 0.25) is 0 Å². The number of ether oxygens (including phenoxy) is 2. The van der Waals surface area contributed by atoms with Crippen molar-refractivity contribution in [3.05, 3.63) is 42.4 Å². The quantitative estimate of drug-likeness (QED) is 0.365. The molecule has 0 bridgehead atoms. The Kier molecular flexibility index (Phi) is 4.97. The fourth-order valence-electron chi connectivity index (χ4n) is 4.06. The molecule has 4 aromatic rings. The molecule has 3 aromatic heterocycles. The van der Waals surface area contributed by atoms with E-state index in [1.807, 2.05) is 31.3 Å². The van der Waals surface area contributed by atoms with E-state index < -0.39 is 24.5 Å². The number of nitrogens with one attached hydrogen (secondary N) is 1. The molecule has 4 heterocycles. The molecule has 31 heavy (non-hydrogen) atoms. The summed E-state index contributed by atoms with van der Waals surface area (Å²) < 4.78 is 13.2. The number of fused-ring (bicyclic) bond motifs is 2. The molecule has 10 nitrogen and oxygen atoms in total. The molecule has 5 N–H and O–H groups in total. The number of hydrogen-bond acceptors (Lipinski definition) is 8. The SMILES string of the molecule is CCC1OC(n2cnc3c(N)nc(OCCc4c[nH]c5ccccc45)nc32)C(O)C1O.